The fourth-order valence-corrected chi connectivity index (χ4v) is 4.24. The van der Waals surface area contributed by atoms with Gasteiger partial charge in [0.25, 0.3) is 5.91 Å². The summed E-state index contributed by atoms with van der Waals surface area (Å²) in [5.41, 5.74) is 2.58. The maximum absolute atomic E-state index is 13.2. The molecule has 2 bridgehead atoms. The van der Waals surface area contributed by atoms with Crippen molar-refractivity contribution in [3.63, 3.8) is 0 Å². The second kappa shape index (κ2) is 7.06. The van der Waals surface area contributed by atoms with Crippen molar-refractivity contribution in [3.8, 4) is 16.9 Å². The normalized spacial score (nSPS) is 21.8. The fourth-order valence-electron chi connectivity index (χ4n) is 4.24. The lowest BCUT2D eigenvalue weighted by Gasteiger charge is -2.36. The monoisotopic (exact) mass is 364 g/mol. The Balaban J connectivity index is 1.59. The highest BCUT2D eigenvalue weighted by Gasteiger charge is 2.38. The summed E-state index contributed by atoms with van der Waals surface area (Å²) in [6.07, 6.45) is 2.03. The van der Waals surface area contributed by atoms with Gasteiger partial charge >= 0.3 is 0 Å². The van der Waals surface area contributed by atoms with Crippen LogP contribution in [0.4, 0.5) is 0 Å². The molecular formula is C22H24N2O3. The highest BCUT2D eigenvalue weighted by Crippen LogP contribution is 2.30. The van der Waals surface area contributed by atoms with Crippen molar-refractivity contribution in [2.24, 2.45) is 5.92 Å². The van der Waals surface area contributed by atoms with Crippen molar-refractivity contribution >= 4 is 11.8 Å². The standard InChI is InChI=1S/C22H24N2O3/c1-15(25)23-12-16-5-8-20(14-23)24(13-16)22(27)19-4-2-3-18(11-19)17-6-9-21(26)10-7-17/h2-4,6-7,9-11,16,20,26H,5,8,12-14H2,1H3/t16-,20+/m0/s1. The lowest BCUT2D eigenvalue weighted by molar-refractivity contribution is -0.129. The van der Waals surface area contributed by atoms with E-state index in [9.17, 15) is 14.7 Å². The number of hydrogen-bond acceptors (Lipinski definition) is 3. The molecule has 27 heavy (non-hydrogen) atoms. The van der Waals surface area contributed by atoms with Crippen LogP contribution in [0.1, 0.15) is 30.1 Å². The summed E-state index contributed by atoms with van der Waals surface area (Å²) in [6, 6.07) is 14.7. The zero-order chi connectivity index (χ0) is 19.0. The Morgan fingerprint density at radius 3 is 2.48 bits per heavy atom. The van der Waals surface area contributed by atoms with Crippen LogP contribution in [-0.4, -0.2) is 52.4 Å². The number of amides is 2. The number of nitrogens with zero attached hydrogens (tertiary/aromatic N) is 2. The molecule has 0 saturated carbocycles. The molecule has 2 amide bonds. The third kappa shape index (κ3) is 3.54. The molecule has 0 unspecified atom stereocenters. The summed E-state index contributed by atoms with van der Waals surface area (Å²) in [7, 11) is 0. The van der Waals surface area contributed by atoms with Crippen molar-refractivity contribution in [2.45, 2.75) is 25.8 Å². The number of hydrogen-bond donors (Lipinski definition) is 1. The first-order chi connectivity index (χ1) is 13.0. The molecule has 1 N–H and O–H groups in total. The number of piperidine rings is 1. The van der Waals surface area contributed by atoms with Crippen LogP contribution in [0.25, 0.3) is 11.1 Å². The van der Waals surface area contributed by atoms with Gasteiger partial charge in [0.2, 0.25) is 5.91 Å². The minimum atomic E-state index is 0.0377. The average Bonchev–Trinajstić information content (AvgIpc) is 3.00. The highest BCUT2D eigenvalue weighted by atomic mass is 16.3. The van der Waals surface area contributed by atoms with Gasteiger partial charge < -0.3 is 14.9 Å². The predicted octanol–water partition coefficient (Wildman–Crippen LogP) is 3.14. The van der Waals surface area contributed by atoms with Gasteiger partial charge in [-0.25, -0.2) is 0 Å². The number of phenols is 1. The van der Waals surface area contributed by atoms with E-state index in [1.807, 2.05) is 46.2 Å². The summed E-state index contributed by atoms with van der Waals surface area (Å²) in [5.74, 6) is 0.713. The molecule has 140 valence electrons. The maximum atomic E-state index is 13.2. The quantitative estimate of drug-likeness (QED) is 0.891. The Hall–Kier alpha value is -2.82. The van der Waals surface area contributed by atoms with Gasteiger partial charge in [0.05, 0.1) is 0 Å². The van der Waals surface area contributed by atoms with Crippen LogP contribution in [0, 0.1) is 5.92 Å². The van der Waals surface area contributed by atoms with E-state index >= 15 is 0 Å². The summed E-state index contributed by atoms with van der Waals surface area (Å²) in [4.78, 5) is 28.9. The van der Waals surface area contributed by atoms with E-state index in [1.54, 1.807) is 19.1 Å². The van der Waals surface area contributed by atoms with Crippen LogP contribution in [0.3, 0.4) is 0 Å². The molecule has 5 nitrogen and oxygen atoms in total. The van der Waals surface area contributed by atoms with Crippen LogP contribution >= 0.6 is 0 Å². The number of phenolic OH excluding ortho intramolecular Hbond substituents is 1. The smallest absolute Gasteiger partial charge is 0.254 e. The van der Waals surface area contributed by atoms with E-state index in [-0.39, 0.29) is 23.6 Å². The van der Waals surface area contributed by atoms with Gasteiger partial charge in [-0.15, -0.1) is 0 Å². The number of carbonyl (C=O) groups excluding carboxylic acids is 2. The molecule has 3 saturated heterocycles. The summed E-state index contributed by atoms with van der Waals surface area (Å²) >= 11 is 0. The van der Waals surface area contributed by atoms with Gasteiger partial charge in [-0.1, -0.05) is 24.3 Å². The van der Waals surface area contributed by atoms with E-state index in [0.717, 1.165) is 37.1 Å². The molecule has 3 heterocycles. The van der Waals surface area contributed by atoms with Crippen LogP contribution in [-0.2, 0) is 4.79 Å². The molecule has 5 heteroatoms. The van der Waals surface area contributed by atoms with Gasteiger partial charge in [-0.2, -0.15) is 0 Å². The summed E-state index contributed by atoms with van der Waals surface area (Å²) in [5, 5.41) is 9.48. The number of fused-ring (bicyclic) bond motifs is 4. The summed E-state index contributed by atoms with van der Waals surface area (Å²) < 4.78 is 0. The minimum absolute atomic E-state index is 0.0377. The second-order valence-electron chi connectivity index (χ2n) is 7.61. The van der Waals surface area contributed by atoms with Gasteiger partial charge in [0.15, 0.2) is 0 Å². The first kappa shape index (κ1) is 17.6. The zero-order valence-electron chi connectivity index (χ0n) is 15.5. The molecule has 2 aromatic rings. The highest BCUT2D eigenvalue weighted by molar-refractivity contribution is 5.96. The maximum Gasteiger partial charge on any atom is 0.254 e. The second-order valence-corrected chi connectivity index (χ2v) is 7.61. The van der Waals surface area contributed by atoms with E-state index in [2.05, 4.69) is 0 Å². The van der Waals surface area contributed by atoms with Crippen molar-refractivity contribution in [1.29, 1.82) is 0 Å². The van der Waals surface area contributed by atoms with Crippen LogP contribution in [0.15, 0.2) is 48.5 Å². The number of aromatic hydroxyl groups is 1. The van der Waals surface area contributed by atoms with Gasteiger partial charge in [0.1, 0.15) is 5.75 Å². The molecule has 3 aliphatic rings. The molecule has 5 rings (SSSR count). The SMILES string of the molecule is CC(=O)N1C[C@@H]2CC[C@H](C1)N(C(=O)c1cccc(-c3ccc(O)cc3)c1)C2. The lowest BCUT2D eigenvalue weighted by atomic mass is 9.94. The van der Waals surface area contributed by atoms with Crippen LogP contribution in [0.2, 0.25) is 0 Å². The molecule has 0 radical (unpaired) electrons. The first-order valence-corrected chi connectivity index (χ1v) is 9.47. The Morgan fingerprint density at radius 1 is 0.963 bits per heavy atom. The van der Waals surface area contributed by atoms with Crippen LogP contribution in [0.5, 0.6) is 5.75 Å². The topological polar surface area (TPSA) is 60.9 Å². The van der Waals surface area contributed by atoms with E-state index < -0.39 is 0 Å². The Labute approximate surface area is 159 Å². The largest absolute Gasteiger partial charge is 0.508 e. The molecule has 0 aromatic heterocycles. The predicted molar refractivity (Wildman–Crippen MR) is 103 cm³/mol. The Morgan fingerprint density at radius 2 is 1.74 bits per heavy atom. The van der Waals surface area contributed by atoms with Crippen molar-refractivity contribution < 1.29 is 14.7 Å². The third-order valence-electron chi connectivity index (χ3n) is 5.73. The number of rotatable bonds is 2. The van der Waals surface area contributed by atoms with E-state index in [4.69, 9.17) is 0 Å². The first-order valence-electron chi connectivity index (χ1n) is 9.47. The fraction of sp³-hybridized carbons (Fsp3) is 0.364. The molecule has 2 atom stereocenters. The van der Waals surface area contributed by atoms with Gasteiger partial charge in [-0.3, -0.25) is 9.59 Å². The lowest BCUT2D eigenvalue weighted by Crippen LogP contribution is -2.47. The minimum Gasteiger partial charge on any atom is -0.508 e. The third-order valence-corrected chi connectivity index (χ3v) is 5.73. The van der Waals surface area contributed by atoms with Crippen molar-refractivity contribution in [1.82, 2.24) is 9.80 Å². The van der Waals surface area contributed by atoms with Crippen molar-refractivity contribution in [3.05, 3.63) is 54.1 Å². The van der Waals surface area contributed by atoms with E-state index in [0.29, 0.717) is 18.0 Å². The van der Waals surface area contributed by atoms with Crippen LogP contribution < -0.4 is 0 Å². The van der Waals surface area contributed by atoms with Gasteiger partial charge in [0, 0.05) is 38.2 Å². The van der Waals surface area contributed by atoms with E-state index in [1.165, 1.54) is 0 Å². The molecular weight excluding hydrogens is 340 g/mol. The average molecular weight is 364 g/mol. The summed E-state index contributed by atoms with van der Waals surface area (Å²) in [6.45, 7) is 3.72. The molecule has 3 aliphatic heterocycles. The number of carbonyl (C=O) groups is 2. The molecule has 0 spiro atoms. The van der Waals surface area contributed by atoms with Crippen molar-refractivity contribution in [2.75, 3.05) is 19.6 Å². The molecule has 3 fully saturated rings. The Kier molecular flexibility index (Phi) is 4.60. The number of benzene rings is 2. The zero-order valence-corrected chi connectivity index (χ0v) is 15.5. The Bertz CT molecular complexity index is 862. The van der Waals surface area contributed by atoms with Gasteiger partial charge in [-0.05, 0) is 54.2 Å². The molecule has 0 aliphatic carbocycles. The molecule has 2 aromatic carbocycles.